The molecule has 0 atom stereocenters. The topological polar surface area (TPSA) is 80.8 Å². The molecule has 1 amide bonds. The van der Waals surface area contributed by atoms with Crippen LogP contribution in [0.2, 0.25) is 0 Å². The highest BCUT2D eigenvalue weighted by Gasteiger charge is 2.15. The predicted molar refractivity (Wildman–Crippen MR) is 91.2 cm³/mol. The molecule has 1 heterocycles. The van der Waals surface area contributed by atoms with Crippen LogP contribution in [-0.2, 0) is 0 Å². The van der Waals surface area contributed by atoms with Gasteiger partial charge in [0.25, 0.3) is 5.91 Å². The number of carbonyl (C=O) groups is 2. The van der Waals surface area contributed by atoms with Crippen molar-refractivity contribution in [1.82, 2.24) is 0 Å². The number of nitrogens with one attached hydrogen (secondary N) is 2. The van der Waals surface area contributed by atoms with E-state index in [2.05, 4.69) is 5.32 Å². The number of amides is 1. The maximum atomic E-state index is 12.2. The van der Waals surface area contributed by atoms with Crippen molar-refractivity contribution in [2.24, 2.45) is 0 Å². The third-order valence-corrected chi connectivity index (χ3v) is 3.21. The zero-order valence-corrected chi connectivity index (χ0v) is 13.8. The van der Waals surface area contributed by atoms with Crippen molar-refractivity contribution >= 4 is 23.5 Å². The fraction of sp³-hybridized carbons (Fsp3) is 0.167. The van der Waals surface area contributed by atoms with Crippen LogP contribution >= 0.6 is 0 Å². The van der Waals surface area contributed by atoms with Gasteiger partial charge in [0.15, 0.2) is 5.78 Å². The lowest BCUT2D eigenvalue weighted by Crippen LogP contribution is -3.00. The quantitative estimate of drug-likeness (QED) is 0.809. The first-order valence-corrected chi connectivity index (χ1v) is 7.42. The van der Waals surface area contributed by atoms with Crippen LogP contribution < -0.4 is 15.8 Å². The number of benzene rings is 1. The largest absolute Gasteiger partial charge is 0.421 e. The highest BCUT2D eigenvalue weighted by molar-refractivity contribution is 6.05. The second-order valence-corrected chi connectivity index (χ2v) is 5.51. The van der Waals surface area contributed by atoms with Crippen molar-refractivity contribution in [3.05, 3.63) is 69.9 Å². The number of ketones is 1. The van der Waals surface area contributed by atoms with E-state index in [1.807, 2.05) is 14.1 Å². The van der Waals surface area contributed by atoms with Gasteiger partial charge in [0.05, 0.1) is 25.9 Å². The van der Waals surface area contributed by atoms with E-state index < -0.39 is 11.5 Å². The fourth-order valence-corrected chi connectivity index (χ4v) is 2.00. The Morgan fingerprint density at radius 2 is 1.83 bits per heavy atom. The summed E-state index contributed by atoms with van der Waals surface area (Å²) in [7, 11) is 3.77. The molecule has 0 spiro atoms. The van der Waals surface area contributed by atoms with Gasteiger partial charge in [0.2, 0.25) is 0 Å². The molecule has 124 valence electrons. The van der Waals surface area contributed by atoms with Gasteiger partial charge in [-0.25, -0.2) is 4.79 Å². The van der Waals surface area contributed by atoms with Crippen LogP contribution in [0.1, 0.15) is 33.4 Å². The van der Waals surface area contributed by atoms with Crippen LogP contribution in [0.5, 0.6) is 0 Å². The maximum Gasteiger partial charge on any atom is 0.360 e. The minimum absolute atomic E-state index is 0.0663. The van der Waals surface area contributed by atoms with Crippen molar-refractivity contribution in [2.75, 3.05) is 19.4 Å². The number of hydrogen-bond acceptors (Lipinski definition) is 4. The summed E-state index contributed by atoms with van der Waals surface area (Å²) >= 11 is 0. The molecule has 0 saturated heterocycles. The number of Topliss-reactive ketones (excluding diaryl/α,β-unsaturated/α-hetero) is 1. The lowest BCUT2D eigenvalue weighted by atomic mass is 10.1. The Bertz CT molecular complexity index is 836. The zero-order chi connectivity index (χ0) is 17.7. The molecular formula is C18H19N2O4+. The van der Waals surface area contributed by atoms with Crippen LogP contribution in [0.3, 0.4) is 0 Å². The molecule has 0 unspecified atom stereocenters. The fourth-order valence-electron chi connectivity index (χ4n) is 2.00. The summed E-state index contributed by atoms with van der Waals surface area (Å²) in [5, 5.41) is 2.49. The molecule has 0 fully saturated rings. The van der Waals surface area contributed by atoms with Gasteiger partial charge in [-0.3, -0.25) is 9.59 Å². The van der Waals surface area contributed by atoms with Crippen LogP contribution in [0.4, 0.5) is 5.69 Å². The molecule has 6 nitrogen and oxygen atoms in total. The van der Waals surface area contributed by atoms with E-state index in [1.54, 1.807) is 42.6 Å². The summed E-state index contributed by atoms with van der Waals surface area (Å²) in [4.78, 5) is 37.1. The van der Waals surface area contributed by atoms with E-state index in [9.17, 15) is 14.4 Å². The molecule has 2 N–H and O–H groups in total. The third-order valence-electron chi connectivity index (χ3n) is 3.21. The van der Waals surface area contributed by atoms with Gasteiger partial charge in [-0.2, -0.15) is 0 Å². The number of hydrogen-bond donors (Lipinski definition) is 2. The summed E-state index contributed by atoms with van der Waals surface area (Å²) in [5.41, 5.74) is -0.141. The Morgan fingerprint density at radius 1 is 1.17 bits per heavy atom. The van der Waals surface area contributed by atoms with E-state index in [0.717, 1.165) is 4.90 Å². The molecule has 2 aromatic rings. The van der Waals surface area contributed by atoms with Crippen LogP contribution in [-0.4, -0.2) is 25.8 Å². The monoisotopic (exact) mass is 327 g/mol. The normalized spacial score (nSPS) is 11.0. The van der Waals surface area contributed by atoms with Gasteiger partial charge in [-0.1, -0.05) is 18.2 Å². The summed E-state index contributed by atoms with van der Waals surface area (Å²) in [6.07, 6.45) is 3.31. The number of quaternary nitrogens is 1. The van der Waals surface area contributed by atoms with Crippen LogP contribution in [0, 0.1) is 0 Å². The molecule has 24 heavy (non-hydrogen) atoms. The molecule has 1 aromatic heterocycles. The smallest absolute Gasteiger partial charge is 0.360 e. The maximum absolute atomic E-state index is 12.2. The van der Waals surface area contributed by atoms with Crippen molar-refractivity contribution < 1.29 is 18.9 Å². The Hall–Kier alpha value is -2.99. The second-order valence-electron chi connectivity index (χ2n) is 5.51. The third kappa shape index (κ3) is 4.27. The first-order chi connectivity index (χ1) is 11.4. The zero-order valence-electron chi connectivity index (χ0n) is 13.8. The van der Waals surface area contributed by atoms with E-state index in [-0.39, 0.29) is 22.8 Å². The molecule has 2 rings (SSSR count). The summed E-state index contributed by atoms with van der Waals surface area (Å²) < 4.78 is 5.20. The van der Waals surface area contributed by atoms with Gasteiger partial charge >= 0.3 is 5.63 Å². The Labute approximate surface area is 139 Å². The van der Waals surface area contributed by atoms with Gasteiger partial charge < -0.3 is 14.6 Å². The molecular weight excluding hydrogens is 308 g/mol. The van der Waals surface area contributed by atoms with Crippen molar-refractivity contribution in [3.63, 3.8) is 0 Å². The Balaban J connectivity index is 2.38. The predicted octanol–water partition coefficient (Wildman–Crippen LogP) is 1.21. The molecule has 0 aliphatic heterocycles. The molecule has 0 saturated carbocycles. The van der Waals surface area contributed by atoms with E-state index in [0.29, 0.717) is 5.56 Å². The number of carbonyl (C=O) groups excluding carboxylic acids is 2. The molecule has 6 heteroatoms. The van der Waals surface area contributed by atoms with Crippen LogP contribution in [0.15, 0.2) is 51.8 Å². The molecule has 1 aromatic carbocycles. The van der Waals surface area contributed by atoms with Crippen molar-refractivity contribution in [1.29, 1.82) is 0 Å². The average molecular weight is 327 g/mol. The first kappa shape index (κ1) is 17.4. The lowest BCUT2D eigenvalue weighted by Gasteiger charge is -2.07. The van der Waals surface area contributed by atoms with E-state index in [1.165, 1.54) is 13.0 Å². The van der Waals surface area contributed by atoms with E-state index >= 15 is 0 Å². The first-order valence-electron chi connectivity index (χ1n) is 7.42. The summed E-state index contributed by atoms with van der Waals surface area (Å²) in [5.74, 6) is -0.535. The van der Waals surface area contributed by atoms with Crippen molar-refractivity contribution in [3.8, 4) is 0 Å². The standard InChI is InChI=1S/C18H18N2O4/c1-12(21)14-11-15(18(23)24-16(14)9-10-20(2)3)19-17(22)13-7-5-4-6-8-13/h4-11H,1-3H3,(H,19,22)/p+1/b10-9+. The van der Waals surface area contributed by atoms with Gasteiger partial charge in [0.1, 0.15) is 11.4 Å². The lowest BCUT2D eigenvalue weighted by molar-refractivity contribution is -0.800. The van der Waals surface area contributed by atoms with Gasteiger partial charge in [-0.05, 0) is 25.1 Å². The SMILES string of the molecule is CC(=O)c1cc(NC(=O)c2ccccc2)c(=O)oc1/C=C/[NH+](C)C. The molecule has 0 aliphatic rings. The molecule has 0 radical (unpaired) electrons. The van der Waals surface area contributed by atoms with E-state index in [4.69, 9.17) is 4.42 Å². The second kappa shape index (κ2) is 7.52. The summed E-state index contributed by atoms with van der Waals surface area (Å²) in [6.45, 7) is 1.37. The number of anilines is 1. The summed E-state index contributed by atoms with van der Waals surface area (Å²) in [6, 6.07) is 9.82. The van der Waals surface area contributed by atoms with Gasteiger partial charge in [-0.15, -0.1) is 0 Å². The minimum Gasteiger partial charge on any atom is -0.421 e. The highest BCUT2D eigenvalue weighted by atomic mass is 16.4. The number of rotatable bonds is 5. The highest BCUT2D eigenvalue weighted by Crippen LogP contribution is 2.15. The molecule has 0 bridgehead atoms. The van der Waals surface area contributed by atoms with Crippen LogP contribution in [0.25, 0.3) is 6.08 Å². The van der Waals surface area contributed by atoms with Crippen molar-refractivity contribution in [2.45, 2.75) is 6.92 Å². The Morgan fingerprint density at radius 3 is 2.42 bits per heavy atom. The molecule has 0 aliphatic carbocycles. The average Bonchev–Trinajstić information content (AvgIpc) is 2.55. The minimum atomic E-state index is -0.710. The Kier molecular flexibility index (Phi) is 5.44. The van der Waals surface area contributed by atoms with Gasteiger partial charge in [0, 0.05) is 11.6 Å².